The summed E-state index contributed by atoms with van der Waals surface area (Å²) in [4.78, 5) is 0.249. The molecule has 5 nitrogen and oxygen atoms in total. The van der Waals surface area contributed by atoms with Crippen LogP contribution in [0.15, 0.2) is 33.6 Å². The Labute approximate surface area is 115 Å². The van der Waals surface area contributed by atoms with E-state index in [1.165, 1.54) is 0 Å². The van der Waals surface area contributed by atoms with Crippen LogP contribution in [0.25, 0.3) is 0 Å². The second-order valence-corrected chi connectivity index (χ2v) is 6.75. The maximum absolute atomic E-state index is 12.2. The van der Waals surface area contributed by atoms with Crippen LogP contribution in [0.1, 0.15) is 0 Å². The van der Waals surface area contributed by atoms with E-state index in [0.717, 1.165) is 4.47 Å². The van der Waals surface area contributed by atoms with Crippen LogP contribution in [-0.2, 0) is 14.8 Å². The van der Waals surface area contributed by atoms with Crippen LogP contribution in [-0.4, -0.2) is 40.8 Å². The fourth-order valence-corrected chi connectivity index (χ4v) is 3.78. The molecule has 0 aromatic heterocycles. The van der Waals surface area contributed by atoms with E-state index in [-0.39, 0.29) is 17.0 Å². The summed E-state index contributed by atoms with van der Waals surface area (Å²) in [5.74, 6) is 0. The van der Waals surface area contributed by atoms with E-state index in [1.807, 2.05) is 0 Å². The molecule has 1 fully saturated rings. The Morgan fingerprint density at radius 2 is 2.22 bits per heavy atom. The van der Waals surface area contributed by atoms with Crippen molar-refractivity contribution in [2.75, 3.05) is 20.2 Å². The molecule has 18 heavy (non-hydrogen) atoms. The van der Waals surface area contributed by atoms with Gasteiger partial charge in [-0.3, -0.25) is 0 Å². The van der Waals surface area contributed by atoms with Gasteiger partial charge in [-0.05, 0) is 18.2 Å². The highest BCUT2D eigenvalue weighted by Crippen LogP contribution is 2.17. The van der Waals surface area contributed by atoms with Crippen molar-refractivity contribution in [2.24, 2.45) is 0 Å². The highest BCUT2D eigenvalue weighted by molar-refractivity contribution is 9.10. The fourth-order valence-electron chi connectivity index (χ4n) is 1.92. The lowest BCUT2D eigenvalue weighted by Crippen LogP contribution is -2.43. The van der Waals surface area contributed by atoms with Crippen LogP contribution in [0.3, 0.4) is 0 Å². The first-order valence-electron chi connectivity index (χ1n) is 5.54. The van der Waals surface area contributed by atoms with Crippen LogP contribution in [0.4, 0.5) is 0 Å². The number of sulfonamides is 1. The van der Waals surface area contributed by atoms with Crippen LogP contribution < -0.4 is 10.0 Å². The van der Waals surface area contributed by atoms with Gasteiger partial charge in [-0.2, -0.15) is 0 Å². The molecule has 0 aliphatic carbocycles. The predicted octanol–water partition coefficient (Wildman–Crippen LogP) is 0.714. The molecule has 7 heteroatoms. The van der Waals surface area contributed by atoms with Crippen LogP contribution in [0.5, 0.6) is 0 Å². The number of hydrogen-bond acceptors (Lipinski definition) is 4. The summed E-state index contributed by atoms with van der Waals surface area (Å²) in [6.45, 7) is 1.23. The van der Waals surface area contributed by atoms with Gasteiger partial charge in [0.25, 0.3) is 0 Å². The lowest BCUT2D eigenvalue weighted by molar-refractivity contribution is 0.103. The topological polar surface area (TPSA) is 67.4 Å². The lowest BCUT2D eigenvalue weighted by atomic mass is 10.2. The second-order valence-electron chi connectivity index (χ2n) is 4.12. The number of methoxy groups -OCH3 is 1. The average Bonchev–Trinajstić information content (AvgIpc) is 2.75. The molecule has 0 spiro atoms. The maximum atomic E-state index is 12.2. The predicted molar refractivity (Wildman–Crippen MR) is 71.9 cm³/mol. The summed E-state index contributed by atoms with van der Waals surface area (Å²) in [5, 5.41) is 3.10. The zero-order valence-corrected chi connectivity index (χ0v) is 12.3. The number of ether oxygens (including phenoxy) is 1. The Morgan fingerprint density at radius 3 is 2.89 bits per heavy atom. The molecule has 1 unspecified atom stereocenters. The maximum Gasteiger partial charge on any atom is 0.240 e. The van der Waals surface area contributed by atoms with Gasteiger partial charge >= 0.3 is 0 Å². The van der Waals surface area contributed by atoms with Gasteiger partial charge in [0.1, 0.15) is 0 Å². The zero-order valence-electron chi connectivity index (χ0n) is 9.89. The van der Waals surface area contributed by atoms with E-state index >= 15 is 0 Å². The molecule has 1 aromatic rings. The first-order chi connectivity index (χ1) is 8.53. The van der Waals surface area contributed by atoms with E-state index in [4.69, 9.17) is 4.74 Å². The Balaban J connectivity index is 2.17. The molecule has 100 valence electrons. The van der Waals surface area contributed by atoms with E-state index < -0.39 is 10.0 Å². The van der Waals surface area contributed by atoms with Crippen LogP contribution in [0.2, 0.25) is 0 Å². The van der Waals surface area contributed by atoms with Crippen molar-refractivity contribution in [3.8, 4) is 0 Å². The van der Waals surface area contributed by atoms with Gasteiger partial charge in [0.05, 0.1) is 17.0 Å². The zero-order chi connectivity index (χ0) is 13.2. The Morgan fingerprint density at radius 1 is 1.44 bits per heavy atom. The molecular formula is C11H15BrN2O3S. The Hall–Kier alpha value is -0.470. The minimum Gasteiger partial charge on any atom is -0.378 e. The molecular weight excluding hydrogens is 320 g/mol. The highest BCUT2D eigenvalue weighted by Gasteiger charge is 2.31. The molecule has 0 bridgehead atoms. The standard InChI is InChI=1S/C11H15BrN2O3S/c1-17-11-7-13-6-10(11)14-18(15,16)9-4-2-3-8(12)5-9/h2-5,10-11,13-14H,6-7H2,1H3/t10?,11-/m1/s1. The third-order valence-corrected chi connectivity index (χ3v) is 4.86. The van der Waals surface area contributed by atoms with Crippen LogP contribution in [0, 0.1) is 0 Å². The molecule has 2 rings (SSSR count). The highest BCUT2D eigenvalue weighted by atomic mass is 79.9. The van der Waals surface area contributed by atoms with Crippen molar-refractivity contribution in [2.45, 2.75) is 17.0 Å². The van der Waals surface area contributed by atoms with Gasteiger partial charge in [0.2, 0.25) is 10.0 Å². The van der Waals surface area contributed by atoms with E-state index in [1.54, 1.807) is 31.4 Å². The van der Waals surface area contributed by atoms with Crippen molar-refractivity contribution >= 4 is 26.0 Å². The van der Waals surface area contributed by atoms with E-state index in [0.29, 0.717) is 13.1 Å². The lowest BCUT2D eigenvalue weighted by Gasteiger charge is -2.18. The van der Waals surface area contributed by atoms with Crippen molar-refractivity contribution in [1.82, 2.24) is 10.0 Å². The Bertz CT molecular complexity index is 521. The largest absolute Gasteiger partial charge is 0.378 e. The number of hydrogen-bond donors (Lipinski definition) is 2. The molecule has 1 aliphatic heterocycles. The van der Waals surface area contributed by atoms with Crippen molar-refractivity contribution in [1.29, 1.82) is 0 Å². The monoisotopic (exact) mass is 334 g/mol. The summed E-state index contributed by atoms with van der Waals surface area (Å²) >= 11 is 3.26. The quantitative estimate of drug-likeness (QED) is 0.851. The number of rotatable bonds is 4. The molecule has 0 radical (unpaired) electrons. The first kappa shape index (κ1) is 14.0. The summed E-state index contributed by atoms with van der Waals surface area (Å²) in [5.41, 5.74) is 0. The minimum atomic E-state index is -3.51. The Kier molecular flexibility index (Phi) is 4.39. The summed E-state index contributed by atoms with van der Waals surface area (Å²) in [6.07, 6.45) is -0.132. The van der Waals surface area contributed by atoms with Gasteiger partial charge < -0.3 is 10.1 Å². The van der Waals surface area contributed by atoms with Crippen molar-refractivity contribution < 1.29 is 13.2 Å². The van der Waals surface area contributed by atoms with Gasteiger partial charge in [-0.15, -0.1) is 0 Å². The van der Waals surface area contributed by atoms with Gasteiger partial charge in [0, 0.05) is 24.7 Å². The third-order valence-electron chi connectivity index (χ3n) is 2.87. The van der Waals surface area contributed by atoms with Gasteiger partial charge in [-0.1, -0.05) is 22.0 Å². The van der Waals surface area contributed by atoms with Gasteiger partial charge in [-0.25, -0.2) is 13.1 Å². The van der Waals surface area contributed by atoms with E-state index in [2.05, 4.69) is 26.0 Å². The number of nitrogens with one attached hydrogen (secondary N) is 2. The first-order valence-corrected chi connectivity index (χ1v) is 7.82. The SMILES string of the molecule is CO[C@@H]1CNCC1NS(=O)(=O)c1cccc(Br)c1. The van der Waals surface area contributed by atoms with Crippen molar-refractivity contribution in [3.05, 3.63) is 28.7 Å². The number of halogens is 1. The minimum absolute atomic E-state index is 0.132. The molecule has 1 aliphatic rings. The molecule has 0 amide bonds. The van der Waals surface area contributed by atoms with Gasteiger partial charge in [0.15, 0.2) is 0 Å². The molecule has 0 saturated carbocycles. The molecule has 2 N–H and O–H groups in total. The van der Waals surface area contributed by atoms with Crippen molar-refractivity contribution in [3.63, 3.8) is 0 Å². The summed E-state index contributed by atoms with van der Waals surface area (Å²) in [6, 6.07) is 6.39. The van der Waals surface area contributed by atoms with E-state index in [9.17, 15) is 8.42 Å². The smallest absolute Gasteiger partial charge is 0.240 e. The molecule has 1 saturated heterocycles. The molecule has 1 aromatic carbocycles. The fraction of sp³-hybridized carbons (Fsp3) is 0.455. The third kappa shape index (κ3) is 3.10. The summed E-state index contributed by atoms with van der Waals surface area (Å²) < 4.78 is 33.0. The second kappa shape index (κ2) is 5.66. The van der Waals surface area contributed by atoms with Crippen LogP contribution >= 0.6 is 15.9 Å². The molecule has 1 heterocycles. The average molecular weight is 335 g/mol. The molecule has 2 atom stereocenters. The number of benzene rings is 1. The summed E-state index contributed by atoms with van der Waals surface area (Å²) in [7, 11) is -1.93. The normalized spacial score (nSPS) is 24.3.